The van der Waals surface area contributed by atoms with Crippen LogP contribution in [0.25, 0.3) is 11.7 Å². The second-order valence-corrected chi connectivity index (χ2v) is 7.85. The van der Waals surface area contributed by atoms with Gasteiger partial charge in [0.1, 0.15) is 5.65 Å². The van der Waals surface area contributed by atoms with Crippen molar-refractivity contribution < 1.29 is 4.79 Å². The summed E-state index contributed by atoms with van der Waals surface area (Å²) in [6.45, 7) is 4.90. The number of piperidine rings is 1. The van der Waals surface area contributed by atoms with Crippen LogP contribution in [0, 0.1) is 5.92 Å². The van der Waals surface area contributed by atoms with Gasteiger partial charge in [0.05, 0.1) is 11.4 Å². The van der Waals surface area contributed by atoms with Gasteiger partial charge in [-0.3, -0.25) is 19.1 Å². The zero-order valence-corrected chi connectivity index (χ0v) is 17.1. The maximum Gasteiger partial charge on any atom is 0.244 e. The smallest absolute Gasteiger partial charge is 0.244 e. The summed E-state index contributed by atoms with van der Waals surface area (Å²) in [6, 6.07) is 11.8. The van der Waals surface area contributed by atoms with E-state index in [4.69, 9.17) is 11.6 Å². The Hall–Kier alpha value is -2.70. The molecule has 29 heavy (non-hydrogen) atoms. The van der Waals surface area contributed by atoms with Crippen LogP contribution >= 0.6 is 11.6 Å². The standard InChI is InChI=1S/C22H24ClN5O/c1-16-14-27(15-17-6-2-4-11-24-17)13-10-18(16)25-21(29)9-8-19-22(23)26-20-7-3-5-12-28(19)20/h2-9,11-12,16,18H,10,13-15H2,1H3,(H,25,29). The number of nitrogens with zero attached hydrogens (tertiary/aromatic N) is 4. The molecule has 1 amide bonds. The predicted octanol–water partition coefficient (Wildman–Crippen LogP) is 3.42. The lowest BCUT2D eigenvalue weighted by Crippen LogP contribution is -2.49. The highest BCUT2D eigenvalue weighted by Crippen LogP contribution is 2.20. The van der Waals surface area contributed by atoms with Crippen LogP contribution in [0.3, 0.4) is 0 Å². The number of carbonyl (C=O) groups excluding carboxylic acids is 1. The van der Waals surface area contributed by atoms with Crippen molar-refractivity contribution in [3.8, 4) is 0 Å². The third kappa shape index (κ3) is 4.66. The van der Waals surface area contributed by atoms with Gasteiger partial charge in [-0.15, -0.1) is 0 Å². The Bertz CT molecular complexity index is 1020. The van der Waals surface area contributed by atoms with Crippen LogP contribution in [-0.4, -0.2) is 44.3 Å². The molecule has 0 radical (unpaired) electrons. The van der Waals surface area contributed by atoms with Gasteiger partial charge in [-0.05, 0) is 42.7 Å². The van der Waals surface area contributed by atoms with E-state index < -0.39 is 0 Å². The van der Waals surface area contributed by atoms with Gasteiger partial charge in [-0.1, -0.05) is 30.7 Å². The molecule has 1 aliphatic heterocycles. The molecule has 0 aliphatic carbocycles. The van der Waals surface area contributed by atoms with Crippen molar-refractivity contribution in [2.75, 3.05) is 13.1 Å². The van der Waals surface area contributed by atoms with Crippen LogP contribution in [0.4, 0.5) is 0 Å². The maximum absolute atomic E-state index is 12.5. The lowest BCUT2D eigenvalue weighted by atomic mass is 9.93. The molecular weight excluding hydrogens is 386 g/mol. The molecule has 6 nitrogen and oxygen atoms in total. The molecule has 4 rings (SSSR count). The van der Waals surface area contributed by atoms with Crippen LogP contribution in [0.1, 0.15) is 24.7 Å². The number of carbonyl (C=O) groups is 1. The highest BCUT2D eigenvalue weighted by molar-refractivity contribution is 6.31. The topological polar surface area (TPSA) is 62.5 Å². The lowest BCUT2D eigenvalue weighted by molar-refractivity contribution is -0.117. The number of amides is 1. The van der Waals surface area contributed by atoms with Gasteiger partial charge in [0.2, 0.25) is 5.91 Å². The molecule has 0 aromatic carbocycles. The number of hydrogen-bond donors (Lipinski definition) is 1. The van der Waals surface area contributed by atoms with Crippen LogP contribution in [-0.2, 0) is 11.3 Å². The summed E-state index contributed by atoms with van der Waals surface area (Å²) in [6.07, 6.45) is 7.89. The predicted molar refractivity (Wildman–Crippen MR) is 114 cm³/mol. The van der Waals surface area contributed by atoms with Crippen LogP contribution < -0.4 is 5.32 Å². The Morgan fingerprint density at radius 1 is 1.31 bits per heavy atom. The van der Waals surface area contributed by atoms with Crippen molar-refractivity contribution in [2.24, 2.45) is 5.92 Å². The maximum atomic E-state index is 12.5. The third-order valence-electron chi connectivity index (χ3n) is 5.34. The molecular formula is C22H24ClN5O. The summed E-state index contributed by atoms with van der Waals surface area (Å²) >= 11 is 6.22. The molecule has 1 saturated heterocycles. The van der Waals surface area contributed by atoms with Gasteiger partial charge >= 0.3 is 0 Å². The van der Waals surface area contributed by atoms with Crippen LogP contribution in [0.5, 0.6) is 0 Å². The van der Waals surface area contributed by atoms with Gasteiger partial charge in [-0.2, -0.15) is 0 Å². The van der Waals surface area contributed by atoms with Gasteiger partial charge in [0.25, 0.3) is 0 Å². The number of imidazole rings is 1. The third-order valence-corrected chi connectivity index (χ3v) is 5.62. The number of fused-ring (bicyclic) bond motifs is 1. The Morgan fingerprint density at radius 2 is 2.17 bits per heavy atom. The number of nitrogens with one attached hydrogen (secondary N) is 1. The molecule has 1 fully saturated rings. The van der Waals surface area contributed by atoms with Gasteiger partial charge in [-0.25, -0.2) is 4.98 Å². The largest absolute Gasteiger partial charge is 0.349 e. The van der Waals surface area contributed by atoms with E-state index in [-0.39, 0.29) is 11.9 Å². The van der Waals surface area contributed by atoms with E-state index in [1.807, 2.05) is 47.1 Å². The monoisotopic (exact) mass is 409 g/mol. The molecule has 150 valence electrons. The minimum absolute atomic E-state index is 0.109. The summed E-state index contributed by atoms with van der Waals surface area (Å²) in [5.41, 5.74) is 2.54. The number of aromatic nitrogens is 3. The molecule has 2 unspecified atom stereocenters. The number of hydrogen-bond acceptors (Lipinski definition) is 4. The van der Waals surface area contributed by atoms with E-state index in [1.54, 1.807) is 6.08 Å². The Labute approximate surface area is 175 Å². The quantitative estimate of drug-likeness (QED) is 0.656. The lowest BCUT2D eigenvalue weighted by Gasteiger charge is -2.37. The van der Waals surface area contributed by atoms with Crippen molar-refractivity contribution in [1.82, 2.24) is 24.6 Å². The summed E-state index contributed by atoms with van der Waals surface area (Å²) < 4.78 is 1.87. The van der Waals surface area contributed by atoms with Gasteiger partial charge in [0, 0.05) is 44.1 Å². The fourth-order valence-corrected chi connectivity index (χ4v) is 4.07. The van der Waals surface area contributed by atoms with E-state index in [0.717, 1.165) is 37.4 Å². The molecule has 1 N–H and O–H groups in total. The zero-order valence-electron chi connectivity index (χ0n) is 16.3. The van der Waals surface area contributed by atoms with Gasteiger partial charge in [0.15, 0.2) is 5.15 Å². The second-order valence-electron chi connectivity index (χ2n) is 7.49. The minimum Gasteiger partial charge on any atom is -0.349 e. The molecule has 0 spiro atoms. The van der Waals surface area contributed by atoms with Crippen molar-refractivity contribution in [3.63, 3.8) is 0 Å². The van der Waals surface area contributed by atoms with E-state index in [0.29, 0.717) is 16.8 Å². The molecule has 0 saturated carbocycles. The number of pyridine rings is 2. The van der Waals surface area contributed by atoms with Crippen molar-refractivity contribution in [1.29, 1.82) is 0 Å². The average Bonchev–Trinajstić information content (AvgIpc) is 3.04. The van der Waals surface area contributed by atoms with Crippen molar-refractivity contribution in [2.45, 2.75) is 25.9 Å². The molecule has 3 aromatic heterocycles. The van der Waals surface area contributed by atoms with Crippen molar-refractivity contribution >= 4 is 29.2 Å². The van der Waals surface area contributed by atoms with Crippen molar-refractivity contribution in [3.05, 3.63) is 71.4 Å². The molecule has 1 aliphatic rings. The Morgan fingerprint density at radius 3 is 2.97 bits per heavy atom. The first kappa shape index (κ1) is 19.6. The Balaban J connectivity index is 1.34. The summed E-state index contributed by atoms with van der Waals surface area (Å²) in [5, 5.41) is 3.53. The molecule has 2 atom stereocenters. The van der Waals surface area contributed by atoms with E-state index >= 15 is 0 Å². The Kier molecular flexibility index (Phi) is 5.92. The first-order valence-electron chi connectivity index (χ1n) is 9.83. The van der Waals surface area contributed by atoms with E-state index in [9.17, 15) is 4.79 Å². The first-order chi connectivity index (χ1) is 14.1. The minimum atomic E-state index is -0.109. The molecule has 4 heterocycles. The molecule has 3 aromatic rings. The van der Waals surface area contributed by atoms with Crippen LogP contribution in [0.15, 0.2) is 54.9 Å². The summed E-state index contributed by atoms with van der Waals surface area (Å²) in [5.74, 6) is 0.256. The zero-order chi connectivity index (χ0) is 20.2. The normalized spacial score (nSPS) is 20.3. The van der Waals surface area contributed by atoms with E-state index in [1.165, 1.54) is 6.08 Å². The average molecular weight is 410 g/mol. The summed E-state index contributed by atoms with van der Waals surface area (Å²) in [7, 11) is 0. The second kappa shape index (κ2) is 8.76. The SMILES string of the molecule is CC1CN(Cc2ccccn2)CCC1NC(=O)C=Cc1c(Cl)nc2ccccn12. The van der Waals surface area contributed by atoms with Gasteiger partial charge < -0.3 is 5.32 Å². The number of rotatable bonds is 5. The first-order valence-corrected chi connectivity index (χ1v) is 10.2. The fraction of sp³-hybridized carbons (Fsp3) is 0.318. The molecule has 0 bridgehead atoms. The summed E-state index contributed by atoms with van der Waals surface area (Å²) in [4.78, 5) is 23.6. The number of halogens is 1. The molecule has 7 heteroatoms. The van der Waals surface area contributed by atoms with Crippen LogP contribution in [0.2, 0.25) is 5.15 Å². The highest BCUT2D eigenvalue weighted by atomic mass is 35.5. The fourth-order valence-electron chi connectivity index (χ4n) is 3.83. The highest BCUT2D eigenvalue weighted by Gasteiger charge is 2.27. The van der Waals surface area contributed by atoms with E-state index in [2.05, 4.69) is 33.2 Å². The number of likely N-dealkylation sites (tertiary alicyclic amines) is 1.